The lowest BCUT2D eigenvalue weighted by molar-refractivity contribution is -0.105. The normalized spacial score (nSPS) is 26.0. The van der Waals surface area contributed by atoms with E-state index < -0.39 is 5.97 Å². The molecular formula is C16H24INO4. The third-order valence-electron chi connectivity index (χ3n) is 3.96. The van der Waals surface area contributed by atoms with E-state index in [1.54, 1.807) is 6.92 Å². The Balaban J connectivity index is 2.22. The Morgan fingerprint density at radius 3 is 2.68 bits per heavy atom. The van der Waals surface area contributed by atoms with Gasteiger partial charge in [0.25, 0.3) is 0 Å². The molecule has 0 amide bonds. The van der Waals surface area contributed by atoms with Crippen LogP contribution in [0.5, 0.6) is 0 Å². The molecule has 0 N–H and O–H groups in total. The second kappa shape index (κ2) is 6.86. The van der Waals surface area contributed by atoms with Gasteiger partial charge in [-0.1, -0.05) is 48.5 Å². The van der Waals surface area contributed by atoms with E-state index in [0.717, 1.165) is 18.4 Å². The Morgan fingerprint density at radius 1 is 1.41 bits per heavy atom. The third-order valence-corrected chi connectivity index (χ3v) is 4.97. The van der Waals surface area contributed by atoms with E-state index >= 15 is 0 Å². The monoisotopic (exact) mass is 421 g/mol. The van der Waals surface area contributed by atoms with Crippen LogP contribution in [0.1, 0.15) is 68.5 Å². The number of aromatic nitrogens is 1. The van der Waals surface area contributed by atoms with E-state index in [9.17, 15) is 4.79 Å². The summed E-state index contributed by atoms with van der Waals surface area (Å²) < 4.78 is 17.2. The molecule has 5 nitrogen and oxygen atoms in total. The maximum atomic E-state index is 11.9. The Morgan fingerprint density at radius 2 is 2.09 bits per heavy atom. The minimum atomic E-state index is -0.441. The number of carbonyl (C=O) groups is 1. The number of nitrogens with zero attached hydrogens (tertiary/aromatic N) is 1. The highest BCUT2D eigenvalue weighted by atomic mass is 127. The van der Waals surface area contributed by atoms with Crippen molar-refractivity contribution in [3.05, 3.63) is 17.0 Å². The molecule has 2 rings (SSSR count). The van der Waals surface area contributed by atoms with Gasteiger partial charge < -0.3 is 14.0 Å². The molecule has 3 atom stereocenters. The lowest BCUT2D eigenvalue weighted by Crippen LogP contribution is -2.37. The molecule has 22 heavy (non-hydrogen) atoms. The summed E-state index contributed by atoms with van der Waals surface area (Å²) in [7, 11) is 0. The average Bonchev–Trinajstić information content (AvgIpc) is 2.79. The van der Waals surface area contributed by atoms with Crippen LogP contribution in [0.25, 0.3) is 0 Å². The number of ether oxygens (including phenoxy) is 2. The highest BCUT2D eigenvalue weighted by molar-refractivity contribution is 14.1. The second-order valence-electron chi connectivity index (χ2n) is 6.79. The highest BCUT2D eigenvalue weighted by Gasteiger charge is 2.38. The molecule has 0 spiro atoms. The molecule has 2 heterocycles. The van der Waals surface area contributed by atoms with Crippen molar-refractivity contribution in [1.29, 1.82) is 0 Å². The van der Waals surface area contributed by atoms with Crippen molar-refractivity contribution in [2.75, 3.05) is 6.61 Å². The van der Waals surface area contributed by atoms with Gasteiger partial charge in [0.2, 0.25) is 0 Å². The number of esters is 1. The maximum Gasteiger partial charge on any atom is 0.360 e. The van der Waals surface area contributed by atoms with Crippen molar-refractivity contribution in [2.45, 2.75) is 63.6 Å². The first-order valence-electron chi connectivity index (χ1n) is 7.66. The van der Waals surface area contributed by atoms with Gasteiger partial charge in [0.1, 0.15) is 6.10 Å². The summed E-state index contributed by atoms with van der Waals surface area (Å²) in [6.07, 6.45) is 1.89. The topological polar surface area (TPSA) is 61.6 Å². The van der Waals surface area contributed by atoms with Crippen molar-refractivity contribution in [3.8, 4) is 0 Å². The van der Waals surface area contributed by atoms with Crippen LogP contribution in [0.15, 0.2) is 4.52 Å². The van der Waals surface area contributed by atoms with Crippen LogP contribution >= 0.6 is 22.6 Å². The molecule has 1 saturated heterocycles. The zero-order valence-electron chi connectivity index (χ0n) is 13.8. The van der Waals surface area contributed by atoms with Gasteiger partial charge in [-0.05, 0) is 32.1 Å². The van der Waals surface area contributed by atoms with Gasteiger partial charge in [-0.25, -0.2) is 4.79 Å². The Bertz CT molecular complexity index is 535. The first-order chi connectivity index (χ1) is 10.2. The Labute approximate surface area is 145 Å². The van der Waals surface area contributed by atoms with Crippen LogP contribution in [0, 0.1) is 12.3 Å². The van der Waals surface area contributed by atoms with Crippen molar-refractivity contribution >= 4 is 28.6 Å². The zero-order chi connectivity index (χ0) is 16.5. The van der Waals surface area contributed by atoms with Crippen LogP contribution < -0.4 is 0 Å². The minimum absolute atomic E-state index is 0.0694. The minimum Gasteiger partial charge on any atom is -0.461 e. The van der Waals surface area contributed by atoms with Crippen molar-refractivity contribution < 1.29 is 18.8 Å². The molecule has 1 unspecified atom stereocenters. The lowest BCUT2D eigenvalue weighted by atomic mass is 9.83. The third kappa shape index (κ3) is 3.82. The van der Waals surface area contributed by atoms with Gasteiger partial charge in [0.05, 0.1) is 12.7 Å². The SMILES string of the molecule is CCOC(=O)c1noc([C@H]2CC(I)C[C@@H](C(C)(C)C)O2)c1C. The van der Waals surface area contributed by atoms with E-state index in [4.69, 9.17) is 14.0 Å². The van der Waals surface area contributed by atoms with Gasteiger partial charge in [-0.3, -0.25) is 0 Å². The van der Waals surface area contributed by atoms with Crippen LogP contribution in [-0.4, -0.2) is 27.8 Å². The number of alkyl halides is 1. The van der Waals surface area contributed by atoms with Crippen molar-refractivity contribution in [2.24, 2.45) is 5.41 Å². The second-order valence-corrected chi connectivity index (χ2v) is 8.55. The number of hydrogen-bond donors (Lipinski definition) is 0. The van der Waals surface area contributed by atoms with Crippen LogP contribution in [0.3, 0.4) is 0 Å². The number of halogens is 1. The highest BCUT2D eigenvalue weighted by Crippen LogP contribution is 2.42. The smallest absolute Gasteiger partial charge is 0.360 e. The summed E-state index contributed by atoms with van der Waals surface area (Å²) in [4.78, 5) is 11.9. The van der Waals surface area contributed by atoms with E-state index in [0.29, 0.717) is 16.3 Å². The lowest BCUT2D eigenvalue weighted by Gasteiger charge is -2.39. The molecule has 0 aromatic carbocycles. The molecule has 0 saturated carbocycles. The van der Waals surface area contributed by atoms with Crippen LogP contribution in [0.4, 0.5) is 0 Å². The van der Waals surface area contributed by atoms with E-state index in [-0.39, 0.29) is 23.3 Å². The predicted molar refractivity (Wildman–Crippen MR) is 91.3 cm³/mol. The molecule has 1 fully saturated rings. The molecule has 1 aliphatic heterocycles. The first kappa shape index (κ1) is 17.7. The Hall–Kier alpha value is -0.630. The molecule has 6 heteroatoms. The molecule has 1 aliphatic rings. The average molecular weight is 421 g/mol. The Kier molecular flexibility index (Phi) is 5.53. The molecule has 124 valence electrons. The van der Waals surface area contributed by atoms with Gasteiger partial charge in [0.15, 0.2) is 11.5 Å². The quantitative estimate of drug-likeness (QED) is 0.415. The van der Waals surface area contributed by atoms with Crippen LogP contribution in [0.2, 0.25) is 0 Å². The molecule has 1 aromatic rings. The van der Waals surface area contributed by atoms with Crippen molar-refractivity contribution in [1.82, 2.24) is 5.16 Å². The largest absolute Gasteiger partial charge is 0.461 e. The van der Waals surface area contributed by atoms with E-state index in [1.165, 1.54) is 0 Å². The van der Waals surface area contributed by atoms with Gasteiger partial charge in [-0.2, -0.15) is 0 Å². The summed E-state index contributed by atoms with van der Waals surface area (Å²) in [5.41, 5.74) is 1.05. The van der Waals surface area contributed by atoms with Gasteiger partial charge >= 0.3 is 5.97 Å². The maximum absolute atomic E-state index is 11.9. The summed E-state index contributed by atoms with van der Waals surface area (Å²) >= 11 is 2.47. The fourth-order valence-corrected chi connectivity index (χ4v) is 3.56. The molecular weight excluding hydrogens is 397 g/mol. The zero-order valence-corrected chi connectivity index (χ0v) is 16.0. The summed E-state index contributed by atoms with van der Waals surface area (Å²) in [6.45, 7) is 10.5. The molecule has 0 bridgehead atoms. The fraction of sp³-hybridized carbons (Fsp3) is 0.750. The summed E-state index contributed by atoms with van der Waals surface area (Å²) in [5, 5.41) is 3.89. The van der Waals surface area contributed by atoms with E-state index in [1.807, 2.05) is 6.92 Å². The number of rotatable bonds is 3. The molecule has 0 radical (unpaired) electrons. The van der Waals surface area contributed by atoms with Crippen LogP contribution in [-0.2, 0) is 9.47 Å². The standard InChI is InChI=1S/C16H24INO4/c1-6-20-15(19)13-9(2)14(22-18-13)11-7-10(17)8-12(21-11)16(3,4)5/h10-12H,6-8H2,1-5H3/t10?,11-,12+/m1/s1. The van der Waals surface area contributed by atoms with E-state index in [2.05, 4.69) is 48.5 Å². The number of carbonyl (C=O) groups excluding carboxylic acids is 1. The van der Waals surface area contributed by atoms with Gasteiger partial charge in [0, 0.05) is 9.49 Å². The fourth-order valence-electron chi connectivity index (χ4n) is 2.64. The summed E-state index contributed by atoms with van der Waals surface area (Å²) in [6, 6.07) is 0. The predicted octanol–water partition coefficient (Wildman–Crippen LogP) is 4.23. The number of hydrogen-bond acceptors (Lipinski definition) is 5. The summed E-state index contributed by atoms with van der Waals surface area (Å²) in [5.74, 6) is 0.211. The first-order valence-corrected chi connectivity index (χ1v) is 8.91. The molecule has 0 aliphatic carbocycles. The van der Waals surface area contributed by atoms with Crippen molar-refractivity contribution in [3.63, 3.8) is 0 Å². The molecule has 1 aromatic heterocycles. The van der Waals surface area contributed by atoms with Gasteiger partial charge in [-0.15, -0.1) is 0 Å².